The number of hydrogen-bond donors (Lipinski definition) is 2. The van der Waals surface area contributed by atoms with Gasteiger partial charge in [-0.3, -0.25) is 4.98 Å². The molecule has 3 N–H and O–H groups in total. The molecule has 0 bridgehead atoms. The zero-order valence-electron chi connectivity index (χ0n) is 8.18. The van der Waals surface area contributed by atoms with Crippen molar-refractivity contribution in [3.63, 3.8) is 0 Å². The molecule has 1 rings (SSSR count). The first-order chi connectivity index (χ1) is 6.57. The summed E-state index contributed by atoms with van der Waals surface area (Å²) >= 11 is 0. The summed E-state index contributed by atoms with van der Waals surface area (Å²) < 4.78 is 4.53. The first kappa shape index (κ1) is 12.5. The zero-order valence-corrected chi connectivity index (χ0v) is 8.18. The van der Waals surface area contributed by atoms with Crippen LogP contribution < -0.4 is 5.73 Å². The largest absolute Gasteiger partial charge is 0.478 e. The van der Waals surface area contributed by atoms with Crippen molar-refractivity contribution in [1.29, 1.82) is 0 Å². The van der Waals surface area contributed by atoms with Crippen LogP contribution in [-0.2, 0) is 4.74 Å². The fraction of sp³-hybridized carbons (Fsp3) is 0.333. The second-order valence-electron chi connectivity index (χ2n) is 2.49. The van der Waals surface area contributed by atoms with E-state index in [1.54, 1.807) is 20.1 Å². The lowest BCUT2D eigenvalue weighted by atomic mass is 10.3. The van der Waals surface area contributed by atoms with Gasteiger partial charge in [-0.05, 0) is 19.1 Å². The number of methoxy groups -OCH3 is 1. The summed E-state index contributed by atoms with van der Waals surface area (Å²) in [5, 5.41) is 8.34. The highest BCUT2D eigenvalue weighted by Crippen LogP contribution is 1.92. The molecule has 0 amide bonds. The van der Waals surface area contributed by atoms with Gasteiger partial charge in [0.1, 0.15) is 6.23 Å². The summed E-state index contributed by atoms with van der Waals surface area (Å²) in [6.45, 7) is 1.78. The van der Waals surface area contributed by atoms with Crippen molar-refractivity contribution in [2.75, 3.05) is 7.11 Å². The average Bonchev–Trinajstić information content (AvgIpc) is 2.20. The molecule has 0 spiro atoms. The Morgan fingerprint density at radius 3 is 2.50 bits per heavy atom. The molecule has 0 saturated carbocycles. The number of carboxylic acids is 1. The number of nitrogens with two attached hydrogens (primary N) is 1. The van der Waals surface area contributed by atoms with Crippen molar-refractivity contribution in [3.05, 3.63) is 30.1 Å². The van der Waals surface area contributed by atoms with E-state index in [1.807, 2.05) is 0 Å². The third kappa shape index (κ3) is 6.10. The topological polar surface area (TPSA) is 85.4 Å². The van der Waals surface area contributed by atoms with Crippen LogP contribution in [0.25, 0.3) is 0 Å². The number of aromatic carboxylic acids is 1. The lowest BCUT2D eigenvalue weighted by Crippen LogP contribution is -2.15. The van der Waals surface area contributed by atoms with E-state index >= 15 is 0 Å². The number of carbonyl (C=O) groups is 1. The molecule has 0 aliphatic heterocycles. The summed E-state index contributed by atoms with van der Waals surface area (Å²) in [4.78, 5) is 13.8. The standard InChI is InChI=1S/C6H5NO2.C3H9NO/c8-6(9)5-2-1-3-7-4-5;1-3(4)5-2/h1-4H,(H,8,9);3H,4H2,1-2H3. The van der Waals surface area contributed by atoms with Gasteiger partial charge in [0.15, 0.2) is 0 Å². The van der Waals surface area contributed by atoms with E-state index in [0.717, 1.165) is 0 Å². The highest BCUT2D eigenvalue weighted by Gasteiger charge is 1.97. The van der Waals surface area contributed by atoms with Crippen LogP contribution in [0.4, 0.5) is 0 Å². The van der Waals surface area contributed by atoms with E-state index in [2.05, 4.69) is 9.72 Å². The predicted molar refractivity (Wildman–Crippen MR) is 51.9 cm³/mol. The molecular formula is C9H14N2O3. The summed E-state index contributed by atoms with van der Waals surface area (Å²) in [6.07, 6.45) is 2.73. The first-order valence-corrected chi connectivity index (χ1v) is 3.99. The van der Waals surface area contributed by atoms with Gasteiger partial charge in [-0.1, -0.05) is 0 Å². The second-order valence-corrected chi connectivity index (χ2v) is 2.49. The van der Waals surface area contributed by atoms with E-state index in [1.165, 1.54) is 18.5 Å². The second kappa shape index (κ2) is 6.99. The van der Waals surface area contributed by atoms with Gasteiger partial charge in [0.2, 0.25) is 0 Å². The van der Waals surface area contributed by atoms with Crippen molar-refractivity contribution in [2.24, 2.45) is 5.73 Å². The Kier molecular flexibility index (Phi) is 6.26. The van der Waals surface area contributed by atoms with Crippen LogP contribution in [0.3, 0.4) is 0 Å². The smallest absolute Gasteiger partial charge is 0.337 e. The number of rotatable bonds is 2. The molecule has 0 aliphatic carbocycles. The van der Waals surface area contributed by atoms with E-state index in [0.29, 0.717) is 0 Å². The van der Waals surface area contributed by atoms with Crippen LogP contribution in [0.15, 0.2) is 24.5 Å². The van der Waals surface area contributed by atoms with Gasteiger partial charge in [0.25, 0.3) is 0 Å². The van der Waals surface area contributed by atoms with Gasteiger partial charge >= 0.3 is 5.97 Å². The van der Waals surface area contributed by atoms with E-state index < -0.39 is 5.97 Å². The maximum absolute atomic E-state index is 10.2. The maximum Gasteiger partial charge on any atom is 0.337 e. The number of aromatic nitrogens is 1. The molecule has 78 valence electrons. The monoisotopic (exact) mass is 198 g/mol. The third-order valence-electron chi connectivity index (χ3n) is 1.28. The lowest BCUT2D eigenvalue weighted by molar-refractivity contribution is 0.0696. The molecule has 5 heteroatoms. The minimum atomic E-state index is -0.942. The Morgan fingerprint density at radius 1 is 1.71 bits per heavy atom. The van der Waals surface area contributed by atoms with Crippen LogP contribution in [0, 0.1) is 0 Å². The number of carboxylic acid groups (broad SMARTS) is 1. The fourth-order valence-electron chi connectivity index (χ4n) is 0.489. The van der Waals surface area contributed by atoms with Crippen LogP contribution in [-0.4, -0.2) is 29.4 Å². The van der Waals surface area contributed by atoms with Gasteiger partial charge in [-0.25, -0.2) is 4.79 Å². The van der Waals surface area contributed by atoms with Crippen LogP contribution in [0.5, 0.6) is 0 Å². The molecule has 0 saturated heterocycles. The lowest BCUT2D eigenvalue weighted by Gasteiger charge is -1.95. The molecule has 0 fully saturated rings. The van der Waals surface area contributed by atoms with Crippen molar-refractivity contribution < 1.29 is 14.6 Å². The molecule has 1 unspecified atom stereocenters. The van der Waals surface area contributed by atoms with Gasteiger partial charge < -0.3 is 15.6 Å². The van der Waals surface area contributed by atoms with Crippen molar-refractivity contribution in [1.82, 2.24) is 4.98 Å². The minimum Gasteiger partial charge on any atom is -0.478 e. The Morgan fingerprint density at radius 2 is 2.29 bits per heavy atom. The van der Waals surface area contributed by atoms with Crippen LogP contribution in [0.2, 0.25) is 0 Å². The first-order valence-electron chi connectivity index (χ1n) is 3.99. The Bertz CT molecular complexity index is 262. The van der Waals surface area contributed by atoms with E-state index in [-0.39, 0.29) is 11.8 Å². The molecule has 0 aliphatic rings. The zero-order chi connectivity index (χ0) is 11.0. The molecule has 14 heavy (non-hydrogen) atoms. The molecule has 0 aromatic carbocycles. The van der Waals surface area contributed by atoms with Gasteiger partial charge in [0.05, 0.1) is 5.56 Å². The van der Waals surface area contributed by atoms with E-state index in [4.69, 9.17) is 10.8 Å². The van der Waals surface area contributed by atoms with Crippen LogP contribution in [0.1, 0.15) is 17.3 Å². The van der Waals surface area contributed by atoms with Crippen molar-refractivity contribution >= 4 is 5.97 Å². The average molecular weight is 198 g/mol. The minimum absolute atomic E-state index is 0.116. The molecule has 1 aromatic heterocycles. The molecule has 1 aromatic rings. The summed E-state index contributed by atoms with van der Waals surface area (Å²) in [5.41, 5.74) is 5.29. The number of hydrogen-bond acceptors (Lipinski definition) is 4. The molecule has 1 atom stereocenters. The molecule has 5 nitrogen and oxygen atoms in total. The summed E-state index contributed by atoms with van der Waals surface area (Å²) in [5.74, 6) is -0.942. The quantitative estimate of drug-likeness (QED) is 0.684. The van der Waals surface area contributed by atoms with Crippen molar-refractivity contribution in [3.8, 4) is 0 Å². The Hall–Kier alpha value is -1.46. The van der Waals surface area contributed by atoms with Crippen LogP contribution >= 0.6 is 0 Å². The van der Waals surface area contributed by atoms with Gasteiger partial charge in [0, 0.05) is 19.5 Å². The van der Waals surface area contributed by atoms with Gasteiger partial charge in [-0.2, -0.15) is 0 Å². The predicted octanol–water partition coefficient (Wildman–Crippen LogP) is 0.717. The Labute approximate surface area is 82.5 Å². The summed E-state index contributed by atoms with van der Waals surface area (Å²) in [7, 11) is 1.57. The highest BCUT2D eigenvalue weighted by atomic mass is 16.5. The highest BCUT2D eigenvalue weighted by molar-refractivity contribution is 5.86. The maximum atomic E-state index is 10.2. The van der Waals surface area contributed by atoms with Crippen molar-refractivity contribution in [2.45, 2.75) is 13.2 Å². The third-order valence-corrected chi connectivity index (χ3v) is 1.28. The molecule has 0 radical (unpaired) electrons. The normalized spacial score (nSPS) is 11.1. The molecule has 1 heterocycles. The number of ether oxygens (including phenoxy) is 1. The number of nitrogens with zero attached hydrogens (tertiary/aromatic N) is 1. The Balaban J connectivity index is 0.000000292. The van der Waals surface area contributed by atoms with E-state index in [9.17, 15) is 4.79 Å². The van der Waals surface area contributed by atoms with Gasteiger partial charge in [-0.15, -0.1) is 0 Å². The summed E-state index contributed by atoms with van der Waals surface area (Å²) in [6, 6.07) is 3.08. The SMILES string of the molecule is COC(C)N.O=C(O)c1cccnc1. The fourth-order valence-corrected chi connectivity index (χ4v) is 0.489. The molecular weight excluding hydrogens is 184 g/mol. The number of pyridine rings is 1.